The molecular weight excluding hydrogens is 351 g/mol. The van der Waals surface area contributed by atoms with E-state index in [1.54, 1.807) is 0 Å². The van der Waals surface area contributed by atoms with Crippen LogP contribution in [0.1, 0.15) is 36.2 Å². The fourth-order valence-electron chi connectivity index (χ4n) is 3.55. The number of carbonyl (C=O) groups is 1. The van der Waals surface area contributed by atoms with Gasteiger partial charge in [-0.2, -0.15) is 0 Å². The topological polar surface area (TPSA) is 95.4 Å². The molecule has 0 saturated carbocycles. The monoisotopic (exact) mass is 372 g/mol. The summed E-state index contributed by atoms with van der Waals surface area (Å²) in [5.41, 5.74) is 0.267. The Kier molecular flexibility index (Phi) is 4.85. The van der Waals surface area contributed by atoms with Crippen molar-refractivity contribution in [2.45, 2.75) is 25.7 Å². The molecule has 0 atom stereocenters. The van der Waals surface area contributed by atoms with Gasteiger partial charge >= 0.3 is 0 Å². The molecule has 3 heterocycles. The van der Waals surface area contributed by atoms with Gasteiger partial charge in [-0.15, -0.1) is 5.10 Å². The van der Waals surface area contributed by atoms with E-state index in [4.69, 9.17) is 0 Å². The van der Waals surface area contributed by atoms with Crippen LogP contribution < -0.4 is 10.9 Å². The number of hydrogen-bond donors (Lipinski definition) is 2. The highest BCUT2D eigenvalue weighted by Gasteiger charge is 2.20. The van der Waals surface area contributed by atoms with E-state index in [0.717, 1.165) is 19.6 Å². The Hall–Kier alpha value is -2.81. The molecule has 1 aromatic carbocycles. The van der Waals surface area contributed by atoms with Crippen LogP contribution >= 0.6 is 0 Å². The van der Waals surface area contributed by atoms with Gasteiger partial charge in [0, 0.05) is 13.1 Å². The molecule has 0 radical (unpaired) electrons. The Morgan fingerprint density at radius 2 is 2.00 bits per heavy atom. The van der Waals surface area contributed by atoms with E-state index >= 15 is 0 Å². The minimum absolute atomic E-state index is 0.0293. The molecule has 1 amide bonds. The summed E-state index contributed by atoms with van der Waals surface area (Å²) in [5, 5.41) is 10.6. The average molecular weight is 372 g/mol. The molecule has 3 aromatic rings. The van der Waals surface area contributed by atoms with E-state index in [9.17, 15) is 14.0 Å². The molecule has 0 aliphatic carbocycles. The zero-order chi connectivity index (χ0) is 18.8. The van der Waals surface area contributed by atoms with Crippen LogP contribution in [0.3, 0.4) is 0 Å². The van der Waals surface area contributed by atoms with Gasteiger partial charge in [0.15, 0.2) is 11.2 Å². The van der Waals surface area contributed by atoms with E-state index < -0.39 is 17.3 Å². The third-order valence-corrected chi connectivity index (χ3v) is 4.95. The van der Waals surface area contributed by atoms with Crippen molar-refractivity contribution in [1.82, 2.24) is 30.0 Å². The van der Waals surface area contributed by atoms with Crippen molar-refractivity contribution in [3.63, 3.8) is 0 Å². The van der Waals surface area contributed by atoms with E-state index in [0.29, 0.717) is 17.6 Å². The molecule has 0 bridgehead atoms. The van der Waals surface area contributed by atoms with Crippen molar-refractivity contribution in [3.8, 4) is 0 Å². The maximum Gasteiger partial charge on any atom is 0.277 e. The van der Waals surface area contributed by atoms with Crippen LogP contribution in [0.25, 0.3) is 16.6 Å². The van der Waals surface area contributed by atoms with Gasteiger partial charge in [-0.05, 0) is 44.1 Å². The maximum absolute atomic E-state index is 13.4. The van der Waals surface area contributed by atoms with Gasteiger partial charge in [0.2, 0.25) is 0 Å². The Balaban J connectivity index is 1.54. The molecule has 1 fully saturated rings. The van der Waals surface area contributed by atoms with Crippen molar-refractivity contribution in [1.29, 1.82) is 0 Å². The highest BCUT2D eigenvalue weighted by Crippen LogP contribution is 2.14. The lowest BCUT2D eigenvalue weighted by Gasteiger charge is -2.19. The molecule has 0 spiro atoms. The Morgan fingerprint density at radius 1 is 1.22 bits per heavy atom. The number of halogens is 1. The van der Waals surface area contributed by atoms with Gasteiger partial charge in [0.25, 0.3) is 11.5 Å². The first-order chi connectivity index (χ1) is 13.1. The summed E-state index contributed by atoms with van der Waals surface area (Å²) in [4.78, 5) is 29.8. The third-order valence-electron chi connectivity index (χ3n) is 4.95. The van der Waals surface area contributed by atoms with E-state index in [-0.39, 0.29) is 11.2 Å². The summed E-state index contributed by atoms with van der Waals surface area (Å²) in [7, 11) is 0. The second-order valence-corrected chi connectivity index (χ2v) is 6.83. The predicted octanol–water partition coefficient (Wildman–Crippen LogP) is 1.32. The van der Waals surface area contributed by atoms with Gasteiger partial charge in [-0.1, -0.05) is 18.1 Å². The molecule has 0 unspecified atom stereocenters. The molecule has 2 aromatic heterocycles. The zero-order valence-corrected chi connectivity index (χ0v) is 14.9. The van der Waals surface area contributed by atoms with Gasteiger partial charge < -0.3 is 15.2 Å². The van der Waals surface area contributed by atoms with E-state index in [1.165, 1.54) is 48.4 Å². The number of aromatic amines is 1. The molecule has 8 nitrogen and oxygen atoms in total. The molecule has 1 aliphatic heterocycles. The van der Waals surface area contributed by atoms with Crippen molar-refractivity contribution in [3.05, 3.63) is 40.1 Å². The predicted molar refractivity (Wildman–Crippen MR) is 98.3 cm³/mol. The standard InChI is InChI=1S/C18H21FN6O2/c19-12-5-6-14-13(11-12)21-18(27)16-15(22-23-25(14)16)17(26)20-7-10-24-8-3-1-2-4-9-24/h5-6,11H,1-4,7-10H2,(H,20,26)(H,21,27). The van der Waals surface area contributed by atoms with Crippen molar-refractivity contribution < 1.29 is 9.18 Å². The Morgan fingerprint density at radius 3 is 2.78 bits per heavy atom. The van der Waals surface area contributed by atoms with Crippen LogP contribution in [0, 0.1) is 5.82 Å². The van der Waals surface area contributed by atoms with Crippen LogP contribution in [0.2, 0.25) is 0 Å². The number of fused-ring (bicyclic) bond motifs is 3. The number of benzene rings is 1. The van der Waals surface area contributed by atoms with Gasteiger partial charge in [0.05, 0.1) is 11.0 Å². The Labute approximate surface area is 154 Å². The quantitative estimate of drug-likeness (QED) is 0.720. The molecule has 2 N–H and O–H groups in total. The Bertz CT molecular complexity index is 1040. The van der Waals surface area contributed by atoms with Gasteiger partial charge in [-0.3, -0.25) is 9.59 Å². The van der Waals surface area contributed by atoms with Crippen LogP contribution in [-0.4, -0.2) is 56.8 Å². The number of amides is 1. The van der Waals surface area contributed by atoms with E-state index in [1.807, 2.05) is 0 Å². The molecule has 1 saturated heterocycles. The number of likely N-dealkylation sites (tertiary alicyclic amines) is 1. The molecule has 142 valence electrons. The second kappa shape index (κ2) is 7.43. The second-order valence-electron chi connectivity index (χ2n) is 6.83. The summed E-state index contributed by atoms with van der Waals surface area (Å²) < 4.78 is 14.7. The number of nitrogens with one attached hydrogen (secondary N) is 2. The summed E-state index contributed by atoms with van der Waals surface area (Å²) in [6.45, 7) is 3.35. The first-order valence-corrected chi connectivity index (χ1v) is 9.21. The SMILES string of the molecule is O=C(NCCN1CCCCCC1)c1nnn2c1c(=O)[nH]c1cc(F)ccc12. The highest BCUT2D eigenvalue weighted by molar-refractivity contribution is 5.99. The summed E-state index contributed by atoms with van der Waals surface area (Å²) in [6.07, 6.45) is 4.89. The highest BCUT2D eigenvalue weighted by atomic mass is 19.1. The third kappa shape index (κ3) is 3.55. The number of carbonyl (C=O) groups excluding carboxylic acids is 1. The largest absolute Gasteiger partial charge is 0.349 e. The van der Waals surface area contributed by atoms with Gasteiger partial charge in [0.1, 0.15) is 5.82 Å². The summed E-state index contributed by atoms with van der Waals surface area (Å²) >= 11 is 0. The molecule has 9 heteroatoms. The van der Waals surface area contributed by atoms with Crippen molar-refractivity contribution in [2.75, 3.05) is 26.2 Å². The first-order valence-electron chi connectivity index (χ1n) is 9.21. The first kappa shape index (κ1) is 17.6. The van der Waals surface area contributed by atoms with Crippen molar-refractivity contribution >= 4 is 22.5 Å². The van der Waals surface area contributed by atoms with Crippen LogP contribution in [0.15, 0.2) is 23.0 Å². The fraction of sp³-hybridized carbons (Fsp3) is 0.444. The average Bonchev–Trinajstić information content (AvgIpc) is 2.93. The number of hydrogen-bond acceptors (Lipinski definition) is 5. The van der Waals surface area contributed by atoms with E-state index in [2.05, 4.69) is 25.5 Å². The minimum atomic E-state index is -0.532. The number of rotatable bonds is 4. The van der Waals surface area contributed by atoms with Crippen LogP contribution in [0.4, 0.5) is 4.39 Å². The lowest BCUT2D eigenvalue weighted by molar-refractivity contribution is 0.0945. The van der Waals surface area contributed by atoms with Crippen LogP contribution in [0.5, 0.6) is 0 Å². The van der Waals surface area contributed by atoms with Crippen LogP contribution in [-0.2, 0) is 0 Å². The summed E-state index contributed by atoms with van der Waals surface area (Å²) in [6, 6.07) is 3.96. The summed E-state index contributed by atoms with van der Waals surface area (Å²) in [5.74, 6) is -0.907. The lowest BCUT2D eigenvalue weighted by Crippen LogP contribution is -2.36. The molecule has 27 heavy (non-hydrogen) atoms. The maximum atomic E-state index is 13.4. The molecule has 1 aliphatic rings. The minimum Gasteiger partial charge on any atom is -0.349 e. The number of H-pyrrole nitrogens is 1. The molecular formula is C18H21FN6O2. The normalized spacial score (nSPS) is 15.9. The lowest BCUT2D eigenvalue weighted by atomic mass is 10.2. The number of aromatic nitrogens is 4. The number of nitrogens with zero attached hydrogens (tertiary/aromatic N) is 4. The van der Waals surface area contributed by atoms with Gasteiger partial charge in [-0.25, -0.2) is 8.91 Å². The smallest absolute Gasteiger partial charge is 0.277 e. The fourth-order valence-corrected chi connectivity index (χ4v) is 3.55. The zero-order valence-electron chi connectivity index (χ0n) is 14.9. The van der Waals surface area contributed by atoms with Crippen molar-refractivity contribution in [2.24, 2.45) is 0 Å². The molecule has 4 rings (SSSR count).